The number of aliphatic carboxylic acids is 1. The molecule has 1 atom stereocenters. The van der Waals surface area contributed by atoms with Crippen molar-refractivity contribution in [2.75, 3.05) is 13.2 Å². The molecule has 1 saturated heterocycles. The number of hydrogen-bond acceptors (Lipinski definition) is 3. The molecule has 0 aromatic rings. The number of ether oxygens (including phenoxy) is 1. The zero-order chi connectivity index (χ0) is 8.27. The van der Waals surface area contributed by atoms with E-state index in [1.807, 2.05) is 0 Å². The van der Waals surface area contributed by atoms with E-state index < -0.39 is 11.9 Å². The smallest absolute Gasteiger partial charge is 0.394 e. The van der Waals surface area contributed by atoms with Crippen LogP contribution >= 0.6 is 0 Å². The van der Waals surface area contributed by atoms with Crippen LogP contribution in [0.15, 0.2) is 0 Å². The molecular weight excluding hydrogens is 150 g/mol. The molecule has 62 valence electrons. The molecule has 1 aliphatic rings. The molecule has 0 aliphatic carbocycles. The van der Waals surface area contributed by atoms with Crippen LogP contribution in [0.5, 0.6) is 0 Å². The van der Waals surface area contributed by atoms with Gasteiger partial charge in [0.15, 0.2) is 0 Å². The summed E-state index contributed by atoms with van der Waals surface area (Å²) in [5.74, 6) is -2.41. The first-order chi connectivity index (χ1) is 5.20. The van der Waals surface area contributed by atoms with Gasteiger partial charge >= 0.3 is 11.9 Å². The normalized spacial score (nSPS) is 23.1. The summed E-state index contributed by atoms with van der Waals surface area (Å²) >= 11 is 0. The van der Waals surface area contributed by atoms with E-state index in [0.717, 1.165) is 0 Å². The van der Waals surface area contributed by atoms with Gasteiger partial charge in [0.1, 0.15) is 0 Å². The van der Waals surface area contributed by atoms with Crippen molar-refractivity contribution in [2.24, 2.45) is 0 Å². The van der Waals surface area contributed by atoms with Gasteiger partial charge in [-0.25, -0.2) is 4.79 Å². The molecule has 11 heavy (non-hydrogen) atoms. The van der Waals surface area contributed by atoms with E-state index in [2.05, 4.69) is 5.32 Å². The van der Waals surface area contributed by atoms with Gasteiger partial charge in [0, 0.05) is 6.61 Å². The number of carbonyl (C=O) groups excluding carboxylic acids is 1. The third kappa shape index (κ3) is 2.19. The van der Waals surface area contributed by atoms with Crippen LogP contribution in [0.4, 0.5) is 0 Å². The van der Waals surface area contributed by atoms with E-state index in [-0.39, 0.29) is 6.04 Å². The summed E-state index contributed by atoms with van der Waals surface area (Å²) < 4.78 is 4.93. The zero-order valence-electron chi connectivity index (χ0n) is 5.87. The van der Waals surface area contributed by atoms with E-state index in [1.54, 1.807) is 0 Å². The number of carboxylic acids is 1. The van der Waals surface area contributed by atoms with Crippen molar-refractivity contribution in [1.82, 2.24) is 5.32 Å². The lowest BCUT2D eigenvalue weighted by Gasteiger charge is -2.06. The molecule has 5 heteroatoms. The van der Waals surface area contributed by atoms with Crippen molar-refractivity contribution in [2.45, 2.75) is 12.5 Å². The predicted molar refractivity (Wildman–Crippen MR) is 35.0 cm³/mol. The molecule has 1 fully saturated rings. The van der Waals surface area contributed by atoms with Gasteiger partial charge in [0.2, 0.25) is 0 Å². The Morgan fingerprint density at radius 3 is 2.73 bits per heavy atom. The topological polar surface area (TPSA) is 75.6 Å². The quantitative estimate of drug-likeness (QED) is 0.480. The van der Waals surface area contributed by atoms with Crippen LogP contribution in [0.1, 0.15) is 6.42 Å². The van der Waals surface area contributed by atoms with Crippen molar-refractivity contribution < 1.29 is 19.4 Å². The SMILES string of the molecule is O=C(O)C(=O)NC1CCOC1. The molecule has 0 aromatic heterocycles. The van der Waals surface area contributed by atoms with E-state index >= 15 is 0 Å². The van der Waals surface area contributed by atoms with Gasteiger partial charge in [0.05, 0.1) is 12.6 Å². The Balaban J connectivity index is 2.29. The summed E-state index contributed by atoms with van der Waals surface area (Å²) in [4.78, 5) is 20.6. The van der Waals surface area contributed by atoms with Crippen molar-refractivity contribution in [3.8, 4) is 0 Å². The minimum absolute atomic E-state index is 0.126. The summed E-state index contributed by atoms with van der Waals surface area (Å²) in [6, 6.07) is -0.126. The first kappa shape index (κ1) is 8.00. The Morgan fingerprint density at radius 2 is 2.27 bits per heavy atom. The minimum atomic E-state index is -1.45. The summed E-state index contributed by atoms with van der Waals surface area (Å²) in [5, 5.41) is 10.5. The summed E-state index contributed by atoms with van der Waals surface area (Å²) in [6.07, 6.45) is 0.693. The summed E-state index contributed by atoms with van der Waals surface area (Å²) in [7, 11) is 0. The average Bonchev–Trinajstić information content (AvgIpc) is 2.39. The van der Waals surface area contributed by atoms with Crippen LogP contribution in [0.2, 0.25) is 0 Å². The molecule has 0 spiro atoms. The first-order valence-corrected chi connectivity index (χ1v) is 3.31. The van der Waals surface area contributed by atoms with Gasteiger partial charge in [-0.3, -0.25) is 4.79 Å². The Hall–Kier alpha value is -1.10. The summed E-state index contributed by atoms with van der Waals surface area (Å²) in [6.45, 7) is 1.00. The van der Waals surface area contributed by atoms with Gasteiger partial charge in [-0.2, -0.15) is 0 Å². The first-order valence-electron chi connectivity index (χ1n) is 3.31. The molecule has 1 aliphatic heterocycles. The second kappa shape index (κ2) is 3.34. The molecule has 0 radical (unpaired) electrons. The van der Waals surface area contributed by atoms with Gasteiger partial charge in [0.25, 0.3) is 0 Å². The Bertz CT molecular complexity index is 173. The lowest BCUT2D eigenvalue weighted by atomic mass is 10.2. The molecule has 1 amide bonds. The fraction of sp³-hybridized carbons (Fsp3) is 0.667. The van der Waals surface area contributed by atoms with Gasteiger partial charge in [-0.15, -0.1) is 0 Å². The third-order valence-corrected chi connectivity index (χ3v) is 1.46. The van der Waals surface area contributed by atoms with Gasteiger partial charge in [-0.05, 0) is 6.42 Å². The highest BCUT2D eigenvalue weighted by molar-refractivity contribution is 6.31. The maximum atomic E-state index is 10.5. The van der Waals surface area contributed by atoms with E-state index in [9.17, 15) is 9.59 Å². The molecule has 0 aromatic carbocycles. The Morgan fingerprint density at radius 1 is 1.55 bits per heavy atom. The largest absolute Gasteiger partial charge is 0.474 e. The van der Waals surface area contributed by atoms with Gasteiger partial charge in [-0.1, -0.05) is 0 Å². The summed E-state index contributed by atoms with van der Waals surface area (Å²) in [5.41, 5.74) is 0. The number of carboxylic acid groups (broad SMARTS) is 1. The minimum Gasteiger partial charge on any atom is -0.474 e. The Kier molecular flexibility index (Phi) is 2.43. The monoisotopic (exact) mass is 159 g/mol. The highest BCUT2D eigenvalue weighted by Crippen LogP contribution is 2.02. The van der Waals surface area contributed by atoms with Crippen LogP contribution in [-0.4, -0.2) is 36.2 Å². The van der Waals surface area contributed by atoms with Crippen molar-refractivity contribution >= 4 is 11.9 Å². The lowest BCUT2D eigenvalue weighted by molar-refractivity contribution is -0.150. The average molecular weight is 159 g/mol. The van der Waals surface area contributed by atoms with Gasteiger partial charge < -0.3 is 15.2 Å². The third-order valence-electron chi connectivity index (χ3n) is 1.46. The zero-order valence-corrected chi connectivity index (χ0v) is 5.87. The highest BCUT2D eigenvalue weighted by atomic mass is 16.5. The maximum absolute atomic E-state index is 10.5. The van der Waals surface area contributed by atoms with Crippen molar-refractivity contribution in [3.63, 3.8) is 0 Å². The lowest BCUT2D eigenvalue weighted by Crippen LogP contribution is -2.39. The van der Waals surface area contributed by atoms with E-state index in [1.165, 1.54) is 0 Å². The molecule has 1 rings (SSSR count). The fourth-order valence-corrected chi connectivity index (χ4v) is 0.895. The van der Waals surface area contributed by atoms with Crippen LogP contribution in [0.3, 0.4) is 0 Å². The number of rotatable bonds is 1. The van der Waals surface area contributed by atoms with Crippen LogP contribution in [0, 0.1) is 0 Å². The molecule has 5 nitrogen and oxygen atoms in total. The van der Waals surface area contributed by atoms with Crippen molar-refractivity contribution in [3.05, 3.63) is 0 Å². The molecule has 2 N–H and O–H groups in total. The number of amides is 1. The second-order valence-corrected chi connectivity index (χ2v) is 2.34. The molecule has 0 bridgehead atoms. The Labute approximate surface area is 63.3 Å². The fourth-order valence-electron chi connectivity index (χ4n) is 0.895. The molecule has 1 unspecified atom stereocenters. The number of nitrogens with one attached hydrogen (secondary N) is 1. The molecular formula is C6H9NO4. The standard InChI is InChI=1S/C6H9NO4/c8-5(6(9)10)7-4-1-2-11-3-4/h4H,1-3H2,(H,7,8)(H,9,10). The maximum Gasteiger partial charge on any atom is 0.394 e. The second-order valence-electron chi connectivity index (χ2n) is 2.34. The highest BCUT2D eigenvalue weighted by Gasteiger charge is 2.20. The number of carbonyl (C=O) groups is 2. The molecule has 0 saturated carbocycles. The van der Waals surface area contributed by atoms with E-state index in [4.69, 9.17) is 9.84 Å². The molecule has 1 heterocycles. The van der Waals surface area contributed by atoms with Crippen molar-refractivity contribution in [1.29, 1.82) is 0 Å². The predicted octanol–water partition coefficient (Wildman–Crippen LogP) is -1.02. The van der Waals surface area contributed by atoms with Crippen LogP contribution in [-0.2, 0) is 14.3 Å². The van der Waals surface area contributed by atoms with E-state index in [0.29, 0.717) is 19.6 Å². The van der Waals surface area contributed by atoms with Crippen LogP contribution in [0.25, 0.3) is 0 Å². The van der Waals surface area contributed by atoms with Crippen LogP contribution < -0.4 is 5.32 Å². The number of hydrogen-bond donors (Lipinski definition) is 2.